The number of hydrogen-bond acceptors (Lipinski definition) is 7. The summed E-state index contributed by atoms with van der Waals surface area (Å²) < 4.78 is 54.5. The second kappa shape index (κ2) is 9.35. The van der Waals surface area contributed by atoms with E-state index in [-0.39, 0.29) is 18.5 Å². The molecule has 168 valence electrons. The SMILES string of the molecule is O=C(Oc1cccc(C(F)(F)F)c1)N1CCC(OCc2nc(-c3ccncc3)no2)CC1. The lowest BCUT2D eigenvalue weighted by Crippen LogP contribution is -2.42. The Balaban J connectivity index is 1.24. The molecule has 1 aliphatic heterocycles. The first kappa shape index (κ1) is 21.8. The van der Waals surface area contributed by atoms with E-state index in [1.807, 2.05) is 0 Å². The highest BCUT2D eigenvalue weighted by atomic mass is 19.4. The largest absolute Gasteiger partial charge is 0.416 e. The average molecular weight is 448 g/mol. The number of aromatic nitrogens is 3. The number of piperidine rings is 1. The standard InChI is InChI=1S/C21H19F3N4O4/c22-21(23,24)15-2-1-3-17(12-15)31-20(29)28-10-6-16(7-11-28)30-13-18-26-19(27-32-18)14-4-8-25-9-5-14/h1-5,8-9,12,16H,6-7,10-11,13H2. The van der Waals surface area contributed by atoms with Crippen molar-refractivity contribution in [2.24, 2.45) is 0 Å². The monoisotopic (exact) mass is 448 g/mol. The number of ether oxygens (including phenoxy) is 2. The lowest BCUT2D eigenvalue weighted by Gasteiger charge is -2.30. The molecule has 0 N–H and O–H groups in total. The quantitative estimate of drug-likeness (QED) is 0.574. The van der Waals surface area contributed by atoms with Crippen LogP contribution in [-0.4, -0.2) is 45.3 Å². The first-order valence-electron chi connectivity index (χ1n) is 9.87. The number of alkyl halides is 3. The van der Waals surface area contributed by atoms with Gasteiger partial charge in [0.1, 0.15) is 12.4 Å². The minimum absolute atomic E-state index is 0.121. The van der Waals surface area contributed by atoms with Crippen LogP contribution in [0.25, 0.3) is 11.4 Å². The number of pyridine rings is 1. The van der Waals surface area contributed by atoms with Gasteiger partial charge in [-0.3, -0.25) is 4.98 Å². The van der Waals surface area contributed by atoms with Crippen molar-refractivity contribution in [3.63, 3.8) is 0 Å². The maximum atomic E-state index is 12.8. The Morgan fingerprint density at radius 2 is 1.91 bits per heavy atom. The number of amides is 1. The third-order valence-corrected chi connectivity index (χ3v) is 4.92. The molecule has 3 aromatic rings. The lowest BCUT2D eigenvalue weighted by molar-refractivity contribution is -0.137. The lowest BCUT2D eigenvalue weighted by atomic mass is 10.1. The van der Waals surface area contributed by atoms with Gasteiger partial charge in [-0.15, -0.1) is 0 Å². The van der Waals surface area contributed by atoms with E-state index in [1.165, 1.54) is 17.0 Å². The summed E-state index contributed by atoms with van der Waals surface area (Å²) in [5.74, 6) is 0.631. The zero-order valence-corrected chi connectivity index (χ0v) is 16.8. The first-order valence-corrected chi connectivity index (χ1v) is 9.87. The summed E-state index contributed by atoms with van der Waals surface area (Å²) in [6.07, 6.45) is -0.964. The van der Waals surface area contributed by atoms with Crippen molar-refractivity contribution >= 4 is 6.09 Å². The van der Waals surface area contributed by atoms with Crippen LogP contribution in [-0.2, 0) is 17.5 Å². The minimum atomic E-state index is -4.50. The molecule has 0 radical (unpaired) electrons. The summed E-state index contributed by atoms with van der Waals surface area (Å²) in [6, 6.07) is 7.77. The van der Waals surface area contributed by atoms with Gasteiger partial charge in [-0.05, 0) is 43.2 Å². The molecular weight excluding hydrogens is 429 g/mol. The topological polar surface area (TPSA) is 90.6 Å². The fraction of sp³-hybridized carbons (Fsp3) is 0.333. The summed E-state index contributed by atoms with van der Waals surface area (Å²) in [5, 5.41) is 3.91. The number of benzene rings is 1. The van der Waals surface area contributed by atoms with Crippen molar-refractivity contribution in [1.29, 1.82) is 0 Å². The Labute approximate surface area is 181 Å². The predicted octanol–water partition coefficient (Wildman–Crippen LogP) is 4.33. The van der Waals surface area contributed by atoms with Gasteiger partial charge in [0.25, 0.3) is 5.89 Å². The Morgan fingerprint density at radius 1 is 1.16 bits per heavy atom. The van der Waals surface area contributed by atoms with E-state index in [4.69, 9.17) is 14.0 Å². The van der Waals surface area contributed by atoms with Crippen LogP contribution in [0.3, 0.4) is 0 Å². The number of carbonyl (C=O) groups excluding carboxylic acids is 1. The predicted molar refractivity (Wildman–Crippen MR) is 104 cm³/mol. The highest BCUT2D eigenvalue weighted by Crippen LogP contribution is 2.31. The fourth-order valence-electron chi connectivity index (χ4n) is 3.23. The number of halogens is 3. The third-order valence-electron chi connectivity index (χ3n) is 4.92. The molecule has 1 aliphatic rings. The fourth-order valence-corrected chi connectivity index (χ4v) is 3.23. The van der Waals surface area contributed by atoms with Crippen LogP contribution >= 0.6 is 0 Å². The Kier molecular flexibility index (Phi) is 6.35. The highest BCUT2D eigenvalue weighted by molar-refractivity contribution is 5.70. The van der Waals surface area contributed by atoms with E-state index in [2.05, 4.69) is 15.1 Å². The van der Waals surface area contributed by atoms with Crippen molar-refractivity contribution in [1.82, 2.24) is 20.0 Å². The molecule has 0 aliphatic carbocycles. The molecule has 1 aromatic carbocycles. The number of carbonyl (C=O) groups is 1. The molecule has 4 rings (SSSR count). The van der Waals surface area contributed by atoms with Gasteiger partial charge in [0.05, 0.1) is 11.7 Å². The van der Waals surface area contributed by atoms with Gasteiger partial charge in [-0.2, -0.15) is 18.2 Å². The van der Waals surface area contributed by atoms with E-state index in [9.17, 15) is 18.0 Å². The summed E-state index contributed by atoms with van der Waals surface area (Å²) in [5.41, 5.74) is -0.0920. The van der Waals surface area contributed by atoms with Crippen LogP contribution in [0.5, 0.6) is 5.75 Å². The summed E-state index contributed by atoms with van der Waals surface area (Å²) in [7, 11) is 0. The van der Waals surface area contributed by atoms with Crippen molar-refractivity contribution in [3.05, 3.63) is 60.2 Å². The second-order valence-electron chi connectivity index (χ2n) is 7.14. The van der Waals surface area contributed by atoms with Crippen molar-refractivity contribution < 1.29 is 32.0 Å². The van der Waals surface area contributed by atoms with Gasteiger partial charge in [0.2, 0.25) is 5.82 Å². The molecule has 1 saturated heterocycles. The molecule has 32 heavy (non-hydrogen) atoms. The molecule has 11 heteroatoms. The number of hydrogen-bond donors (Lipinski definition) is 0. The molecule has 0 spiro atoms. The number of nitrogens with zero attached hydrogens (tertiary/aromatic N) is 4. The van der Waals surface area contributed by atoms with Crippen molar-refractivity contribution in [2.75, 3.05) is 13.1 Å². The smallest absolute Gasteiger partial charge is 0.410 e. The van der Waals surface area contributed by atoms with Crippen molar-refractivity contribution in [3.8, 4) is 17.1 Å². The maximum absolute atomic E-state index is 12.8. The normalized spacial score (nSPS) is 15.0. The molecule has 8 nitrogen and oxygen atoms in total. The van der Waals surface area contributed by atoms with Crippen LogP contribution in [0.2, 0.25) is 0 Å². The minimum Gasteiger partial charge on any atom is -0.410 e. The summed E-state index contributed by atoms with van der Waals surface area (Å²) >= 11 is 0. The van der Waals surface area contributed by atoms with Crippen molar-refractivity contribution in [2.45, 2.75) is 31.7 Å². The maximum Gasteiger partial charge on any atom is 0.416 e. The van der Waals surface area contributed by atoms with Gasteiger partial charge in [0, 0.05) is 31.0 Å². The number of rotatable bonds is 5. The summed E-state index contributed by atoms with van der Waals surface area (Å²) in [4.78, 5) is 22.0. The molecule has 0 atom stereocenters. The third kappa shape index (κ3) is 5.41. The zero-order chi connectivity index (χ0) is 22.6. The van der Waals surface area contributed by atoms with Gasteiger partial charge >= 0.3 is 12.3 Å². The molecule has 3 heterocycles. The molecule has 1 amide bonds. The van der Waals surface area contributed by atoms with Crippen LogP contribution in [0.1, 0.15) is 24.3 Å². The molecule has 0 saturated carbocycles. The average Bonchev–Trinajstić information content (AvgIpc) is 3.27. The number of likely N-dealkylation sites (tertiary alicyclic amines) is 1. The summed E-state index contributed by atoms with van der Waals surface area (Å²) in [6.45, 7) is 0.848. The first-order chi connectivity index (χ1) is 15.4. The molecule has 0 bridgehead atoms. The Hall–Kier alpha value is -3.47. The van der Waals surface area contributed by atoms with E-state index in [0.29, 0.717) is 37.6 Å². The molecule has 0 unspecified atom stereocenters. The van der Waals surface area contributed by atoms with Gasteiger partial charge in [-0.25, -0.2) is 4.79 Å². The molecular formula is C21H19F3N4O4. The van der Waals surface area contributed by atoms with Crippen LogP contribution in [0.15, 0.2) is 53.3 Å². The van der Waals surface area contributed by atoms with E-state index in [0.717, 1.165) is 17.7 Å². The van der Waals surface area contributed by atoms with Crippen LogP contribution < -0.4 is 4.74 Å². The molecule has 2 aromatic heterocycles. The second-order valence-corrected chi connectivity index (χ2v) is 7.14. The van der Waals surface area contributed by atoms with E-state index in [1.54, 1.807) is 24.5 Å². The van der Waals surface area contributed by atoms with E-state index >= 15 is 0 Å². The Morgan fingerprint density at radius 3 is 2.62 bits per heavy atom. The Bertz CT molecular complexity index is 1050. The van der Waals surface area contributed by atoms with Crippen LogP contribution in [0.4, 0.5) is 18.0 Å². The highest BCUT2D eigenvalue weighted by Gasteiger charge is 2.31. The van der Waals surface area contributed by atoms with Gasteiger partial charge in [0.15, 0.2) is 0 Å². The van der Waals surface area contributed by atoms with E-state index < -0.39 is 17.8 Å². The van der Waals surface area contributed by atoms with Crippen LogP contribution in [0, 0.1) is 0 Å². The molecule has 1 fully saturated rings. The van der Waals surface area contributed by atoms with Gasteiger partial charge < -0.3 is 18.9 Å². The van der Waals surface area contributed by atoms with Gasteiger partial charge in [-0.1, -0.05) is 11.2 Å². The zero-order valence-electron chi connectivity index (χ0n) is 16.8.